The number of β-lactam (4-membered cyclic amide) rings is 1. The van der Waals surface area contributed by atoms with E-state index in [9.17, 15) is 23.3 Å². The predicted molar refractivity (Wildman–Crippen MR) is 78.2 cm³/mol. The molecule has 7 nitrogen and oxygen atoms in total. The van der Waals surface area contributed by atoms with Gasteiger partial charge < -0.3 is 9.64 Å². The third kappa shape index (κ3) is 2.04. The van der Waals surface area contributed by atoms with Crippen molar-refractivity contribution in [3.8, 4) is 6.07 Å². The van der Waals surface area contributed by atoms with E-state index in [4.69, 9.17) is 4.74 Å². The van der Waals surface area contributed by atoms with Gasteiger partial charge in [0.2, 0.25) is 5.91 Å². The Kier molecular flexibility index (Phi) is 3.41. The number of sulfone groups is 1. The smallest absolute Gasteiger partial charge is 0.332 e. The van der Waals surface area contributed by atoms with Crippen LogP contribution in [0.1, 0.15) is 18.9 Å². The fourth-order valence-corrected chi connectivity index (χ4v) is 5.06. The molecule has 2 fully saturated rings. The van der Waals surface area contributed by atoms with Crippen molar-refractivity contribution in [1.29, 1.82) is 5.26 Å². The van der Waals surface area contributed by atoms with Crippen molar-refractivity contribution < 1.29 is 22.7 Å². The second kappa shape index (κ2) is 5.06. The fraction of sp³-hybridized carbons (Fsp3) is 0.400. The number of fused-ring (bicyclic) bond motifs is 1. The molecule has 1 aromatic carbocycles. The first kappa shape index (κ1) is 15.5. The summed E-state index contributed by atoms with van der Waals surface area (Å²) in [5.41, 5.74) is 0.729. The summed E-state index contributed by atoms with van der Waals surface area (Å²) in [4.78, 5) is 25.1. The van der Waals surface area contributed by atoms with E-state index >= 15 is 0 Å². The molecule has 0 N–H and O–H groups in total. The van der Waals surface area contributed by atoms with Crippen molar-refractivity contribution in [2.45, 2.75) is 36.1 Å². The molecule has 120 valence electrons. The molecule has 2 aliphatic rings. The van der Waals surface area contributed by atoms with Gasteiger partial charge in [-0.1, -0.05) is 30.3 Å². The summed E-state index contributed by atoms with van der Waals surface area (Å²) >= 11 is 0. The second-order valence-electron chi connectivity index (χ2n) is 5.72. The van der Waals surface area contributed by atoms with Crippen LogP contribution in [-0.2, 0) is 30.8 Å². The molecule has 3 atom stereocenters. The van der Waals surface area contributed by atoms with Crippen LogP contribution in [0.5, 0.6) is 0 Å². The van der Waals surface area contributed by atoms with E-state index in [2.05, 4.69) is 0 Å². The standard InChI is InChI=1S/C15H14N2O5S/c1-15(9-16)13(17-11(18)7-12(17)23(15,20)21)14(19)22-8-10-5-3-2-4-6-10/h2-6,12-13H,7-8H2,1H3/t12-,13+,15+/m1/s1. The Morgan fingerprint density at radius 3 is 2.65 bits per heavy atom. The van der Waals surface area contributed by atoms with Crippen molar-refractivity contribution >= 4 is 21.7 Å². The van der Waals surface area contributed by atoms with Gasteiger partial charge in [0.25, 0.3) is 0 Å². The van der Waals surface area contributed by atoms with Crippen LogP contribution >= 0.6 is 0 Å². The zero-order valence-corrected chi connectivity index (χ0v) is 13.1. The molecule has 2 heterocycles. The SMILES string of the molecule is C[C@]1(C#N)[C@H](C(=O)OCc2ccccc2)N2C(=O)C[C@H]2S1(=O)=O. The van der Waals surface area contributed by atoms with Crippen molar-refractivity contribution in [1.82, 2.24) is 4.90 Å². The van der Waals surface area contributed by atoms with Gasteiger partial charge in [-0.05, 0) is 12.5 Å². The number of carbonyl (C=O) groups excluding carboxylic acids is 2. The van der Waals surface area contributed by atoms with Gasteiger partial charge in [-0.15, -0.1) is 0 Å². The van der Waals surface area contributed by atoms with E-state index in [0.29, 0.717) is 0 Å². The molecule has 0 aliphatic carbocycles. The van der Waals surface area contributed by atoms with Crippen molar-refractivity contribution in [2.75, 3.05) is 0 Å². The highest BCUT2D eigenvalue weighted by Gasteiger charge is 2.71. The van der Waals surface area contributed by atoms with Crippen LogP contribution in [0.4, 0.5) is 0 Å². The number of nitrogens with zero attached hydrogens (tertiary/aromatic N) is 2. The fourth-order valence-electron chi connectivity index (χ4n) is 2.95. The first-order valence-electron chi connectivity index (χ1n) is 6.99. The number of esters is 1. The van der Waals surface area contributed by atoms with Crippen molar-refractivity contribution in [3.05, 3.63) is 35.9 Å². The summed E-state index contributed by atoms with van der Waals surface area (Å²) in [7, 11) is -3.94. The number of amides is 1. The van der Waals surface area contributed by atoms with E-state index in [1.165, 1.54) is 6.92 Å². The molecule has 3 rings (SSSR count). The lowest BCUT2D eigenvalue weighted by molar-refractivity contribution is -0.161. The quantitative estimate of drug-likeness (QED) is 0.584. The normalized spacial score (nSPS) is 31.0. The zero-order chi connectivity index (χ0) is 16.8. The third-order valence-electron chi connectivity index (χ3n) is 4.37. The molecule has 0 aromatic heterocycles. The number of hydrogen-bond donors (Lipinski definition) is 0. The van der Waals surface area contributed by atoms with Gasteiger partial charge >= 0.3 is 5.97 Å². The maximum absolute atomic E-state index is 12.4. The van der Waals surface area contributed by atoms with Crippen LogP contribution < -0.4 is 0 Å². The van der Waals surface area contributed by atoms with E-state index in [1.807, 2.05) is 6.07 Å². The highest BCUT2D eigenvalue weighted by molar-refractivity contribution is 7.94. The van der Waals surface area contributed by atoms with Gasteiger partial charge in [-0.2, -0.15) is 5.26 Å². The van der Waals surface area contributed by atoms with Crippen LogP contribution in [0.2, 0.25) is 0 Å². The number of rotatable bonds is 3. The van der Waals surface area contributed by atoms with E-state index in [1.54, 1.807) is 30.3 Å². The summed E-state index contributed by atoms with van der Waals surface area (Å²) in [5, 5.41) is 8.24. The molecule has 0 saturated carbocycles. The Morgan fingerprint density at radius 2 is 2.09 bits per heavy atom. The van der Waals surface area contributed by atoms with E-state index in [0.717, 1.165) is 10.5 Å². The van der Waals surface area contributed by atoms with E-state index < -0.39 is 37.9 Å². The van der Waals surface area contributed by atoms with Crippen LogP contribution in [0.25, 0.3) is 0 Å². The maximum atomic E-state index is 12.4. The lowest BCUT2D eigenvalue weighted by atomic mass is 9.98. The predicted octanol–water partition coefficient (Wildman–Crippen LogP) is 0.367. The minimum absolute atomic E-state index is 0.0512. The van der Waals surface area contributed by atoms with Gasteiger partial charge in [0, 0.05) is 0 Å². The number of hydrogen-bond acceptors (Lipinski definition) is 6. The number of ether oxygens (including phenoxy) is 1. The van der Waals surface area contributed by atoms with Crippen LogP contribution in [0.3, 0.4) is 0 Å². The molecule has 23 heavy (non-hydrogen) atoms. The Bertz CT molecular complexity index is 814. The largest absolute Gasteiger partial charge is 0.459 e. The highest BCUT2D eigenvalue weighted by atomic mass is 32.2. The molecule has 0 radical (unpaired) electrons. The van der Waals surface area contributed by atoms with Crippen LogP contribution in [0.15, 0.2) is 30.3 Å². The Labute approximate surface area is 133 Å². The molecule has 0 spiro atoms. The second-order valence-corrected chi connectivity index (χ2v) is 8.20. The zero-order valence-electron chi connectivity index (χ0n) is 12.3. The van der Waals surface area contributed by atoms with Gasteiger partial charge in [-0.25, -0.2) is 13.2 Å². The molecular formula is C15H14N2O5S. The van der Waals surface area contributed by atoms with Crippen LogP contribution in [-0.4, -0.2) is 41.4 Å². The lowest BCUT2D eigenvalue weighted by Crippen LogP contribution is -2.57. The average molecular weight is 334 g/mol. The Morgan fingerprint density at radius 1 is 1.43 bits per heavy atom. The summed E-state index contributed by atoms with van der Waals surface area (Å²) in [6, 6.07) is 9.14. The average Bonchev–Trinajstić information content (AvgIpc) is 2.68. The number of benzene rings is 1. The molecule has 2 saturated heterocycles. The Balaban J connectivity index is 1.86. The summed E-state index contributed by atoms with van der Waals surface area (Å²) in [6.45, 7) is 1.12. The molecule has 0 unspecified atom stereocenters. The van der Waals surface area contributed by atoms with Crippen LogP contribution in [0, 0.1) is 11.3 Å². The van der Waals surface area contributed by atoms with Gasteiger partial charge in [-0.3, -0.25) is 4.79 Å². The molecular weight excluding hydrogens is 320 g/mol. The molecule has 1 aromatic rings. The maximum Gasteiger partial charge on any atom is 0.332 e. The highest BCUT2D eigenvalue weighted by Crippen LogP contribution is 2.46. The molecule has 1 amide bonds. The van der Waals surface area contributed by atoms with Gasteiger partial charge in [0.05, 0.1) is 12.5 Å². The summed E-state index contributed by atoms with van der Waals surface area (Å²) in [6.07, 6.45) is -0.192. The van der Waals surface area contributed by atoms with Gasteiger partial charge in [0.15, 0.2) is 20.6 Å². The first-order valence-corrected chi connectivity index (χ1v) is 8.54. The van der Waals surface area contributed by atoms with E-state index in [-0.39, 0.29) is 13.0 Å². The number of nitriles is 1. The molecule has 2 aliphatic heterocycles. The first-order chi connectivity index (χ1) is 10.8. The minimum atomic E-state index is -3.94. The lowest BCUT2D eigenvalue weighted by Gasteiger charge is -2.35. The van der Waals surface area contributed by atoms with Crippen molar-refractivity contribution in [3.63, 3.8) is 0 Å². The third-order valence-corrected chi connectivity index (χ3v) is 6.97. The topological polar surface area (TPSA) is 105 Å². The summed E-state index contributed by atoms with van der Waals surface area (Å²) in [5.74, 6) is -1.34. The Hall–Kier alpha value is -2.40. The molecule has 8 heteroatoms. The monoisotopic (exact) mass is 334 g/mol. The molecule has 0 bridgehead atoms. The van der Waals surface area contributed by atoms with Gasteiger partial charge in [0.1, 0.15) is 12.0 Å². The van der Waals surface area contributed by atoms with Crippen molar-refractivity contribution in [2.24, 2.45) is 0 Å². The minimum Gasteiger partial charge on any atom is -0.459 e. The number of carbonyl (C=O) groups is 2. The summed E-state index contributed by atoms with van der Waals surface area (Å²) < 4.78 is 28.0.